The summed E-state index contributed by atoms with van der Waals surface area (Å²) in [6.45, 7) is 2.45. The minimum atomic E-state index is -1.78. The number of aliphatic hydroxyl groups is 1. The summed E-state index contributed by atoms with van der Waals surface area (Å²) in [7, 11) is 0. The van der Waals surface area contributed by atoms with Crippen LogP contribution in [0.25, 0.3) is 0 Å². The van der Waals surface area contributed by atoms with E-state index in [1.807, 2.05) is 36.4 Å². The van der Waals surface area contributed by atoms with Crippen LogP contribution in [0.1, 0.15) is 49.7 Å². The van der Waals surface area contributed by atoms with E-state index in [9.17, 15) is 9.90 Å². The van der Waals surface area contributed by atoms with Crippen molar-refractivity contribution in [2.45, 2.75) is 62.3 Å². The summed E-state index contributed by atoms with van der Waals surface area (Å²) in [5.41, 5.74) is -0.670. The molecule has 0 radical (unpaired) electrons. The van der Waals surface area contributed by atoms with Crippen LogP contribution in [0.4, 0.5) is 0 Å². The number of esters is 1. The van der Waals surface area contributed by atoms with Gasteiger partial charge >= 0.3 is 5.97 Å². The summed E-state index contributed by atoms with van der Waals surface area (Å²) in [5.74, 6) is -0.539. The van der Waals surface area contributed by atoms with Gasteiger partial charge in [0.05, 0.1) is 19.1 Å². The van der Waals surface area contributed by atoms with E-state index < -0.39 is 11.6 Å². The van der Waals surface area contributed by atoms with Crippen molar-refractivity contribution in [1.29, 1.82) is 0 Å². The van der Waals surface area contributed by atoms with Gasteiger partial charge in [-0.05, 0) is 17.5 Å². The third-order valence-electron chi connectivity index (χ3n) is 7.73. The van der Waals surface area contributed by atoms with Crippen LogP contribution in [0.15, 0.2) is 60.7 Å². The first-order valence-corrected chi connectivity index (χ1v) is 11.1. The largest absolute Gasteiger partial charge is 0.453 e. The molecule has 3 atom stereocenters. The molecule has 2 aromatic rings. The summed E-state index contributed by atoms with van der Waals surface area (Å²) in [4.78, 5) is 13.5. The van der Waals surface area contributed by atoms with Gasteiger partial charge in [0.2, 0.25) is 5.60 Å². The van der Waals surface area contributed by atoms with Crippen LogP contribution in [0.5, 0.6) is 0 Å². The number of piperidine rings is 1. The Labute approximate surface area is 172 Å². The Morgan fingerprint density at radius 1 is 0.862 bits per heavy atom. The Morgan fingerprint density at radius 3 is 2.00 bits per heavy atom. The number of ether oxygens (including phenoxy) is 1. The molecule has 0 aromatic heterocycles. The second kappa shape index (κ2) is 7.26. The van der Waals surface area contributed by atoms with Gasteiger partial charge in [0.25, 0.3) is 0 Å². The summed E-state index contributed by atoms with van der Waals surface area (Å²) in [5, 5.41) is 11.7. The maximum Gasteiger partial charge on any atom is 0.348 e. The van der Waals surface area contributed by atoms with E-state index in [0.29, 0.717) is 17.2 Å². The van der Waals surface area contributed by atoms with Gasteiger partial charge in [-0.2, -0.15) is 0 Å². The molecule has 3 fully saturated rings. The minimum absolute atomic E-state index is 0.0988. The van der Waals surface area contributed by atoms with Gasteiger partial charge in [-0.15, -0.1) is 0 Å². The average Bonchev–Trinajstić information content (AvgIpc) is 3.33. The van der Waals surface area contributed by atoms with E-state index in [2.05, 4.69) is 0 Å². The molecule has 5 rings (SSSR count). The van der Waals surface area contributed by atoms with Gasteiger partial charge in [-0.25, -0.2) is 4.79 Å². The summed E-state index contributed by atoms with van der Waals surface area (Å²) >= 11 is 0. The highest BCUT2D eigenvalue weighted by Gasteiger charge is 2.58. The van der Waals surface area contributed by atoms with Crippen LogP contribution in [-0.2, 0) is 15.1 Å². The smallest absolute Gasteiger partial charge is 0.348 e. The number of benzene rings is 2. The van der Waals surface area contributed by atoms with Gasteiger partial charge in [0, 0.05) is 32.1 Å². The summed E-state index contributed by atoms with van der Waals surface area (Å²) in [6.07, 6.45) is 6.90. The average molecular weight is 393 g/mol. The molecule has 0 amide bonds. The molecular weight excluding hydrogens is 362 g/mol. The maximum atomic E-state index is 13.5. The van der Waals surface area contributed by atoms with Gasteiger partial charge < -0.3 is 14.3 Å². The third kappa shape index (κ3) is 2.92. The third-order valence-corrected chi connectivity index (χ3v) is 7.73. The SMILES string of the molecule is O=C(OC1CCC2CCC1[N+]21CCCC1)C(O)(c1ccccc1)c1ccccc1. The molecule has 29 heavy (non-hydrogen) atoms. The van der Waals surface area contributed by atoms with Crippen LogP contribution in [0.2, 0.25) is 0 Å². The summed E-state index contributed by atoms with van der Waals surface area (Å²) < 4.78 is 7.34. The predicted octanol–water partition coefficient (Wildman–Crippen LogP) is 3.77. The van der Waals surface area contributed by atoms with Gasteiger partial charge in [-0.3, -0.25) is 0 Å². The zero-order valence-corrected chi connectivity index (χ0v) is 16.9. The standard InChI is InChI=1S/C25H30NO3/c27-24(25(28,19-9-3-1-4-10-19)20-11-5-2-6-12-20)29-23-16-14-21-13-15-22(23)26(21)17-7-8-18-26/h1-6,9-12,21-23,28H,7-8,13-18H2/q+1. The first kappa shape index (κ1) is 18.8. The molecule has 3 heterocycles. The molecule has 3 unspecified atom stereocenters. The molecule has 2 bridgehead atoms. The molecule has 1 spiro atoms. The minimum Gasteiger partial charge on any atom is -0.453 e. The van der Waals surface area contributed by atoms with Crippen molar-refractivity contribution in [3.63, 3.8) is 0 Å². The van der Waals surface area contributed by atoms with Crippen LogP contribution in [0.3, 0.4) is 0 Å². The second-order valence-electron chi connectivity index (χ2n) is 9.02. The van der Waals surface area contributed by atoms with Crippen LogP contribution in [0, 0.1) is 0 Å². The predicted molar refractivity (Wildman–Crippen MR) is 111 cm³/mol. The Bertz CT molecular complexity index is 821. The van der Waals surface area contributed by atoms with Crippen LogP contribution in [-0.4, -0.2) is 46.8 Å². The molecule has 152 valence electrons. The molecule has 4 heteroatoms. The van der Waals surface area contributed by atoms with Gasteiger partial charge in [-0.1, -0.05) is 60.7 Å². The summed E-state index contributed by atoms with van der Waals surface area (Å²) in [6, 6.07) is 19.5. The fourth-order valence-corrected chi connectivity index (χ4v) is 6.36. The lowest BCUT2D eigenvalue weighted by Gasteiger charge is -2.48. The first-order chi connectivity index (χ1) is 14.1. The van der Waals surface area contributed by atoms with Crippen molar-refractivity contribution < 1.29 is 19.1 Å². The number of hydrogen-bond acceptors (Lipinski definition) is 3. The normalized spacial score (nSPS) is 27.8. The van der Waals surface area contributed by atoms with E-state index >= 15 is 0 Å². The van der Waals surface area contributed by atoms with Crippen molar-refractivity contribution in [2.75, 3.05) is 13.1 Å². The number of carbonyl (C=O) groups is 1. The molecular formula is C25H30NO3+. The number of nitrogens with zero attached hydrogens (tertiary/aromatic N) is 1. The molecule has 0 saturated carbocycles. The number of hydrogen-bond donors (Lipinski definition) is 1. The molecule has 3 aliphatic rings. The van der Waals surface area contributed by atoms with Crippen molar-refractivity contribution >= 4 is 5.97 Å². The van der Waals surface area contributed by atoms with Crippen molar-refractivity contribution in [3.05, 3.63) is 71.8 Å². The van der Waals surface area contributed by atoms with Crippen LogP contribution >= 0.6 is 0 Å². The number of carbonyl (C=O) groups excluding carboxylic acids is 1. The highest BCUT2D eigenvalue weighted by atomic mass is 16.6. The molecule has 4 nitrogen and oxygen atoms in total. The van der Waals surface area contributed by atoms with Crippen molar-refractivity contribution in [1.82, 2.24) is 0 Å². The Balaban J connectivity index is 1.46. The Morgan fingerprint density at radius 2 is 1.41 bits per heavy atom. The molecule has 1 N–H and O–H groups in total. The lowest BCUT2D eigenvalue weighted by atomic mass is 9.86. The zero-order chi connectivity index (χ0) is 19.9. The second-order valence-corrected chi connectivity index (χ2v) is 9.02. The lowest BCUT2D eigenvalue weighted by molar-refractivity contribution is -0.958. The van der Waals surface area contributed by atoms with E-state index in [-0.39, 0.29) is 6.10 Å². The first-order valence-electron chi connectivity index (χ1n) is 11.1. The fraction of sp³-hybridized carbons (Fsp3) is 0.480. The topological polar surface area (TPSA) is 46.5 Å². The monoisotopic (exact) mass is 392 g/mol. The Kier molecular flexibility index (Phi) is 4.72. The van der Waals surface area contributed by atoms with E-state index in [1.165, 1.54) is 32.4 Å². The van der Waals surface area contributed by atoms with Gasteiger partial charge in [0.1, 0.15) is 6.04 Å². The maximum absolute atomic E-state index is 13.5. The molecule has 3 aliphatic heterocycles. The molecule has 0 aliphatic carbocycles. The van der Waals surface area contributed by atoms with Gasteiger partial charge in [0.15, 0.2) is 6.10 Å². The van der Waals surface area contributed by atoms with Crippen LogP contribution < -0.4 is 0 Å². The zero-order valence-electron chi connectivity index (χ0n) is 16.9. The lowest BCUT2D eigenvalue weighted by Crippen LogP contribution is -2.62. The molecule has 3 saturated heterocycles. The Hall–Kier alpha value is -2.17. The highest BCUT2D eigenvalue weighted by molar-refractivity contribution is 5.85. The van der Waals surface area contributed by atoms with Crippen molar-refractivity contribution in [3.8, 4) is 0 Å². The highest BCUT2D eigenvalue weighted by Crippen LogP contribution is 2.47. The van der Waals surface area contributed by atoms with E-state index in [0.717, 1.165) is 29.8 Å². The molecule has 2 aromatic carbocycles. The quantitative estimate of drug-likeness (QED) is 0.636. The van der Waals surface area contributed by atoms with Crippen molar-refractivity contribution in [2.24, 2.45) is 0 Å². The van der Waals surface area contributed by atoms with E-state index in [4.69, 9.17) is 4.74 Å². The number of quaternary nitrogens is 1. The fourth-order valence-electron chi connectivity index (χ4n) is 6.36. The number of rotatable bonds is 4. The van der Waals surface area contributed by atoms with E-state index in [1.54, 1.807) is 24.3 Å².